The molecule has 0 aliphatic rings. The highest BCUT2D eigenvalue weighted by atomic mass is 15.2. The number of hydrogen-bond donors (Lipinski definition) is 1. The SMILES string of the molecule is CC(N(C)c1cc(N)ccn1)C(C)(C)C. The van der Waals surface area contributed by atoms with E-state index in [0.29, 0.717) is 6.04 Å². The minimum Gasteiger partial charge on any atom is -0.399 e. The van der Waals surface area contributed by atoms with Crippen molar-refractivity contribution < 1.29 is 0 Å². The third kappa shape index (κ3) is 2.85. The fraction of sp³-hybridized carbons (Fsp3) is 0.583. The number of anilines is 2. The first-order valence-electron chi connectivity index (χ1n) is 5.26. The van der Waals surface area contributed by atoms with Crippen LogP contribution in [0.3, 0.4) is 0 Å². The molecule has 1 heterocycles. The molecule has 1 rings (SSSR count). The molecule has 0 fully saturated rings. The van der Waals surface area contributed by atoms with Gasteiger partial charge in [-0.25, -0.2) is 4.98 Å². The van der Waals surface area contributed by atoms with Crippen LogP contribution in [0.15, 0.2) is 18.3 Å². The molecular weight excluding hydrogens is 186 g/mol. The van der Waals surface area contributed by atoms with Gasteiger partial charge in [-0.05, 0) is 18.4 Å². The molecule has 1 aromatic heterocycles. The molecule has 1 aromatic rings. The average molecular weight is 207 g/mol. The van der Waals surface area contributed by atoms with E-state index in [0.717, 1.165) is 11.5 Å². The zero-order chi connectivity index (χ0) is 11.6. The summed E-state index contributed by atoms with van der Waals surface area (Å²) in [5.41, 5.74) is 6.72. The number of rotatable bonds is 2. The first-order chi connectivity index (χ1) is 6.82. The maximum atomic E-state index is 5.74. The molecule has 0 spiro atoms. The number of nitrogens with zero attached hydrogens (tertiary/aromatic N) is 2. The van der Waals surface area contributed by atoms with Gasteiger partial charge in [-0.15, -0.1) is 0 Å². The Morgan fingerprint density at radius 2 is 2.00 bits per heavy atom. The Kier molecular flexibility index (Phi) is 3.22. The Morgan fingerprint density at radius 1 is 1.40 bits per heavy atom. The van der Waals surface area contributed by atoms with E-state index in [2.05, 4.69) is 44.6 Å². The van der Waals surface area contributed by atoms with E-state index in [1.54, 1.807) is 12.3 Å². The van der Waals surface area contributed by atoms with Gasteiger partial charge in [-0.2, -0.15) is 0 Å². The molecule has 1 atom stereocenters. The first kappa shape index (κ1) is 11.8. The largest absolute Gasteiger partial charge is 0.399 e. The van der Waals surface area contributed by atoms with Crippen molar-refractivity contribution in [1.29, 1.82) is 0 Å². The van der Waals surface area contributed by atoms with E-state index in [1.165, 1.54) is 0 Å². The van der Waals surface area contributed by atoms with Gasteiger partial charge in [-0.1, -0.05) is 20.8 Å². The molecule has 0 saturated carbocycles. The van der Waals surface area contributed by atoms with Gasteiger partial charge in [0.25, 0.3) is 0 Å². The molecule has 0 amide bonds. The van der Waals surface area contributed by atoms with Crippen LogP contribution in [0.25, 0.3) is 0 Å². The molecule has 0 saturated heterocycles. The van der Waals surface area contributed by atoms with E-state index in [1.807, 2.05) is 6.07 Å². The maximum Gasteiger partial charge on any atom is 0.130 e. The minimum absolute atomic E-state index is 0.223. The topological polar surface area (TPSA) is 42.1 Å². The normalized spacial score (nSPS) is 13.7. The van der Waals surface area contributed by atoms with Crippen LogP contribution in [0, 0.1) is 5.41 Å². The number of aromatic nitrogens is 1. The Balaban J connectivity index is 2.90. The molecule has 0 aliphatic heterocycles. The van der Waals surface area contributed by atoms with Crippen molar-refractivity contribution in [3.8, 4) is 0 Å². The van der Waals surface area contributed by atoms with E-state index in [9.17, 15) is 0 Å². The molecule has 3 nitrogen and oxygen atoms in total. The van der Waals surface area contributed by atoms with Crippen LogP contribution in [0.5, 0.6) is 0 Å². The summed E-state index contributed by atoms with van der Waals surface area (Å²) in [5.74, 6) is 0.928. The van der Waals surface area contributed by atoms with Crippen molar-refractivity contribution in [3.05, 3.63) is 18.3 Å². The molecule has 0 bridgehead atoms. The molecular formula is C12H21N3. The van der Waals surface area contributed by atoms with Crippen LogP contribution in [0.4, 0.5) is 11.5 Å². The lowest BCUT2D eigenvalue weighted by Crippen LogP contribution is -2.39. The highest BCUT2D eigenvalue weighted by Crippen LogP contribution is 2.26. The molecule has 15 heavy (non-hydrogen) atoms. The molecule has 84 valence electrons. The smallest absolute Gasteiger partial charge is 0.130 e. The Bertz CT molecular complexity index is 328. The van der Waals surface area contributed by atoms with Crippen molar-refractivity contribution in [3.63, 3.8) is 0 Å². The monoisotopic (exact) mass is 207 g/mol. The Morgan fingerprint density at radius 3 is 2.47 bits per heavy atom. The second-order valence-corrected chi connectivity index (χ2v) is 5.10. The number of nitrogen functional groups attached to an aromatic ring is 1. The van der Waals surface area contributed by atoms with E-state index < -0.39 is 0 Å². The zero-order valence-electron chi connectivity index (χ0n) is 10.3. The second-order valence-electron chi connectivity index (χ2n) is 5.10. The Labute approximate surface area is 92.3 Å². The highest BCUT2D eigenvalue weighted by molar-refractivity contribution is 5.50. The van der Waals surface area contributed by atoms with Gasteiger partial charge in [0.1, 0.15) is 5.82 Å². The van der Waals surface area contributed by atoms with Gasteiger partial charge >= 0.3 is 0 Å². The van der Waals surface area contributed by atoms with Gasteiger partial charge in [0.15, 0.2) is 0 Å². The van der Waals surface area contributed by atoms with Crippen molar-refractivity contribution in [1.82, 2.24) is 4.98 Å². The standard InChI is InChI=1S/C12H21N3/c1-9(12(2,3)4)15(5)11-8-10(13)6-7-14-11/h6-9H,1-5H3,(H2,13,14). The van der Waals surface area contributed by atoms with Gasteiger partial charge in [0.05, 0.1) is 0 Å². The highest BCUT2D eigenvalue weighted by Gasteiger charge is 2.24. The van der Waals surface area contributed by atoms with Crippen LogP contribution in [0.1, 0.15) is 27.7 Å². The zero-order valence-corrected chi connectivity index (χ0v) is 10.3. The summed E-state index contributed by atoms with van der Waals surface area (Å²) < 4.78 is 0. The van der Waals surface area contributed by atoms with Crippen LogP contribution >= 0.6 is 0 Å². The summed E-state index contributed by atoms with van der Waals surface area (Å²) in [6.07, 6.45) is 1.75. The summed E-state index contributed by atoms with van der Waals surface area (Å²) in [6, 6.07) is 4.12. The third-order valence-corrected chi connectivity index (χ3v) is 2.97. The number of nitrogens with two attached hydrogens (primary N) is 1. The van der Waals surface area contributed by atoms with E-state index in [4.69, 9.17) is 5.73 Å². The molecule has 0 aromatic carbocycles. The average Bonchev–Trinajstić information content (AvgIpc) is 2.14. The van der Waals surface area contributed by atoms with E-state index in [-0.39, 0.29) is 5.41 Å². The summed E-state index contributed by atoms with van der Waals surface area (Å²) in [4.78, 5) is 6.48. The van der Waals surface area contributed by atoms with Crippen LogP contribution in [0.2, 0.25) is 0 Å². The number of pyridine rings is 1. The fourth-order valence-corrected chi connectivity index (χ4v) is 1.41. The predicted octanol–water partition coefficient (Wildman–Crippen LogP) is 2.53. The predicted molar refractivity (Wildman–Crippen MR) is 66.0 cm³/mol. The summed E-state index contributed by atoms with van der Waals surface area (Å²) >= 11 is 0. The van der Waals surface area contributed by atoms with Crippen molar-refractivity contribution in [2.75, 3.05) is 17.7 Å². The fourth-order valence-electron chi connectivity index (χ4n) is 1.41. The lowest BCUT2D eigenvalue weighted by atomic mass is 9.87. The molecule has 2 N–H and O–H groups in total. The lowest BCUT2D eigenvalue weighted by molar-refractivity contribution is 0.328. The van der Waals surface area contributed by atoms with Gasteiger partial charge in [-0.3, -0.25) is 0 Å². The minimum atomic E-state index is 0.223. The summed E-state index contributed by atoms with van der Waals surface area (Å²) in [6.45, 7) is 8.87. The third-order valence-electron chi connectivity index (χ3n) is 2.97. The number of hydrogen-bond acceptors (Lipinski definition) is 3. The Hall–Kier alpha value is -1.25. The van der Waals surface area contributed by atoms with Crippen molar-refractivity contribution in [2.24, 2.45) is 5.41 Å². The quantitative estimate of drug-likeness (QED) is 0.810. The molecule has 3 heteroatoms. The van der Waals surface area contributed by atoms with Crippen LogP contribution in [-0.4, -0.2) is 18.1 Å². The van der Waals surface area contributed by atoms with Gasteiger partial charge in [0, 0.05) is 31.0 Å². The first-order valence-corrected chi connectivity index (χ1v) is 5.26. The van der Waals surface area contributed by atoms with Crippen molar-refractivity contribution >= 4 is 11.5 Å². The van der Waals surface area contributed by atoms with Crippen molar-refractivity contribution in [2.45, 2.75) is 33.7 Å². The molecule has 0 radical (unpaired) electrons. The van der Waals surface area contributed by atoms with Crippen LogP contribution in [-0.2, 0) is 0 Å². The van der Waals surface area contributed by atoms with Gasteiger partial charge in [0.2, 0.25) is 0 Å². The molecule has 0 aliphatic carbocycles. The summed E-state index contributed by atoms with van der Waals surface area (Å²) in [5, 5.41) is 0. The van der Waals surface area contributed by atoms with E-state index >= 15 is 0 Å². The molecule has 1 unspecified atom stereocenters. The lowest BCUT2D eigenvalue weighted by Gasteiger charge is -2.36. The van der Waals surface area contributed by atoms with Gasteiger partial charge < -0.3 is 10.6 Å². The maximum absolute atomic E-state index is 5.74. The second kappa shape index (κ2) is 4.09. The summed E-state index contributed by atoms with van der Waals surface area (Å²) in [7, 11) is 2.05. The van der Waals surface area contributed by atoms with Crippen LogP contribution < -0.4 is 10.6 Å².